The van der Waals surface area contributed by atoms with E-state index in [1.165, 1.54) is 0 Å². The average molecular weight is 348 g/mol. The fourth-order valence-electron chi connectivity index (χ4n) is 2.51. The van der Waals surface area contributed by atoms with Crippen molar-refractivity contribution in [2.45, 2.75) is 20.8 Å². The first-order valence-electron chi connectivity index (χ1n) is 7.09. The molecule has 23 heavy (non-hydrogen) atoms. The molecular formula is C17H15Cl2N3O. The van der Waals surface area contributed by atoms with Gasteiger partial charge in [-0.05, 0) is 44.0 Å². The van der Waals surface area contributed by atoms with Crippen LogP contribution in [-0.2, 0) is 0 Å². The van der Waals surface area contributed by atoms with Crippen LogP contribution in [0.25, 0.3) is 5.65 Å². The van der Waals surface area contributed by atoms with Gasteiger partial charge < -0.3 is 5.32 Å². The van der Waals surface area contributed by atoms with E-state index in [0.29, 0.717) is 27.1 Å². The number of amides is 1. The predicted molar refractivity (Wildman–Crippen MR) is 93.8 cm³/mol. The van der Waals surface area contributed by atoms with Crippen LogP contribution in [0.15, 0.2) is 30.5 Å². The molecule has 118 valence electrons. The maximum absolute atomic E-state index is 12.7. The topological polar surface area (TPSA) is 46.4 Å². The van der Waals surface area contributed by atoms with Gasteiger partial charge in [0, 0.05) is 11.9 Å². The van der Waals surface area contributed by atoms with Crippen LogP contribution in [-0.4, -0.2) is 15.3 Å². The molecular weight excluding hydrogens is 333 g/mol. The second kappa shape index (κ2) is 5.87. The zero-order valence-electron chi connectivity index (χ0n) is 12.9. The van der Waals surface area contributed by atoms with E-state index < -0.39 is 0 Å². The molecule has 1 amide bonds. The molecule has 0 bridgehead atoms. The zero-order valence-corrected chi connectivity index (χ0v) is 14.5. The van der Waals surface area contributed by atoms with Crippen molar-refractivity contribution < 1.29 is 4.79 Å². The van der Waals surface area contributed by atoms with E-state index in [4.69, 9.17) is 23.2 Å². The highest BCUT2D eigenvalue weighted by atomic mass is 35.5. The number of nitrogens with zero attached hydrogens (tertiary/aromatic N) is 2. The highest BCUT2D eigenvalue weighted by Gasteiger charge is 2.19. The molecule has 1 N–H and O–H groups in total. The van der Waals surface area contributed by atoms with Gasteiger partial charge in [-0.2, -0.15) is 0 Å². The maximum Gasteiger partial charge on any atom is 0.274 e. The minimum Gasteiger partial charge on any atom is -0.320 e. The third-order valence-electron chi connectivity index (χ3n) is 3.67. The van der Waals surface area contributed by atoms with Gasteiger partial charge in [0.05, 0.1) is 15.7 Å². The van der Waals surface area contributed by atoms with Gasteiger partial charge in [0.1, 0.15) is 5.69 Å². The summed E-state index contributed by atoms with van der Waals surface area (Å²) in [5.74, 6) is -0.248. The lowest BCUT2D eigenvalue weighted by Gasteiger charge is -2.10. The number of pyridine rings is 1. The van der Waals surface area contributed by atoms with Gasteiger partial charge in [-0.3, -0.25) is 9.20 Å². The van der Waals surface area contributed by atoms with Crippen LogP contribution < -0.4 is 5.32 Å². The number of anilines is 1. The first-order valence-corrected chi connectivity index (χ1v) is 7.84. The highest BCUT2D eigenvalue weighted by Crippen LogP contribution is 2.25. The Labute approximate surface area is 144 Å². The smallest absolute Gasteiger partial charge is 0.274 e. The van der Waals surface area contributed by atoms with Gasteiger partial charge in [0.2, 0.25) is 0 Å². The molecule has 0 saturated heterocycles. The zero-order chi connectivity index (χ0) is 16.7. The predicted octanol–water partition coefficient (Wildman–Crippen LogP) is 4.82. The van der Waals surface area contributed by atoms with Crippen LogP contribution in [0.5, 0.6) is 0 Å². The molecule has 0 aliphatic carbocycles. The van der Waals surface area contributed by atoms with E-state index in [1.807, 2.05) is 32.0 Å². The Morgan fingerprint density at radius 3 is 2.65 bits per heavy atom. The molecule has 6 heteroatoms. The number of imidazole rings is 1. The largest absolute Gasteiger partial charge is 0.320 e. The number of nitrogens with one attached hydrogen (secondary N) is 1. The van der Waals surface area contributed by atoms with Crippen LogP contribution >= 0.6 is 23.2 Å². The number of fused-ring (bicyclic) bond motifs is 1. The number of hydrogen-bond donors (Lipinski definition) is 1. The average Bonchev–Trinajstić information content (AvgIpc) is 2.79. The van der Waals surface area contributed by atoms with E-state index in [9.17, 15) is 4.79 Å². The lowest BCUT2D eigenvalue weighted by atomic mass is 10.1. The van der Waals surface area contributed by atoms with Crippen molar-refractivity contribution in [2.75, 3.05) is 5.32 Å². The van der Waals surface area contributed by atoms with Crippen molar-refractivity contribution in [1.29, 1.82) is 0 Å². The van der Waals surface area contributed by atoms with Crippen molar-refractivity contribution in [3.8, 4) is 0 Å². The van der Waals surface area contributed by atoms with Gasteiger partial charge in [-0.15, -0.1) is 0 Å². The number of hydrogen-bond acceptors (Lipinski definition) is 2. The van der Waals surface area contributed by atoms with Crippen molar-refractivity contribution in [3.63, 3.8) is 0 Å². The monoisotopic (exact) mass is 347 g/mol. The second-order valence-electron chi connectivity index (χ2n) is 5.52. The van der Waals surface area contributed by atoms with E-state index in [2.05, 4.69) is 10.3 Å². The van der Waals surface area contributed by atoms with Crippen molar-refractivity contribution in [3.05, 3.63) is 63.0 Å². The van der Waals surface area contributed by atoms with E-state index in [1.54, 1.807) is 23.6 Å². The lowest BCUT2D eigenvalue weighted by Crippen LogP contribution is -2.16. The molecule has 0 unspecified atom stereocenters. The summed E-state index contributed by atoms with van der Waals surface area (Å²) in [7, 11) is 0. The minimum absolute atomic E-state index is 0.248. The molecule has 4 nitrogen and oxygen atoms in total. The number of benzene rings is 1. The minimum atomic E-state index is -0.248. The molecule has 0 atom stereocenters. The Morgan fingerprint density at radius 2 is 1.91 bits per heavy atom. The first-order chi connectivity index (χ1) is 10.9. The number of aromatic nitrogens is 2. The number of carbonyl (C=O) groups excluding carboxylic acids is 1. The molecule has 2 heterocycles. The summed E-state index contributed by atoms with van der Waals surface area (Å²) in [6, 6.07) is 7.52. The summed E-state index contributed by atoms with van der Waals surface area (Å²) >= 11 is 12.2. The molecule has 3 aromatic rings. The normalized spacial score (nSPS) is 11.0. The molecule has 0 spiro atoms. The van der Waals surface area contributed by atoms with Gasteiger partial charge in [0.25, 0.3) is 5.91 Å². The van der Waals surface area contributed by atoms with Crippen molar-refractivity contribution in [2.24, 2.45) is 0 Å². The Hall–Kier alpha value is -2.04. The van der Waals surface area contributed by atoms with Crippen LogP contribution in [0.2, 0.25) is 10.0 Å². The third kappa shape index (κ3) is 2.92. The lowest BCUT2D eigenvalue weighted by molar-refractivity contribution is 0.102. The first kappa shape index (κ1) is 15.8. The van der Waals surface area contributed by atoms with E-state index in [0.717, 1.165) is 16.8 Å². The number of halogens is 2. The number of rotatable bonds is 2. The molecule has 0 radical (unpaired) electrons. The second-order valence-corrected chi connectivity index (χ2v) is 6.36. The highest BCUT2D eigenvalue weighted by molar-refractivity contribution is 6.36. The SMILES string of the molecule is Cc1ccc(C)c(NC(=O)c2c(C)nc3c(Cl)cc(Cl)cn23)c1. The van der Waals surface area contributed by atoms with Gasteiger partial charge in [-0.25, -0.2) is 4.98 Å². The Morgan fingerprint density at radius 1 is 1.17 bits per heavy atom. The van der Waals surface area contributed by atoms with Gasteiger partial charge in [0.15, 0.2) is 5.65 Å². The molecule has 0 saturated carbocycles. The molecule has 1 aromatic carbocycles. The third-order valence-corrected chi connectivity index (χ3v) is 4.16. The fraction of sp³-hybridized carbons (Fsp3) is 0.176. The van der Waals surface area contributed by atoms with Crippen molar-refractivity contribution in [1.82, 2.24) is 9.38 Å². The standard InChI is InChI=1S/C17H15Cl2N3O/c1-9-4-5-10(2)14(6-9)21-17(23)15-11(3)20-16-13(19)7-12(18)8-22(15)16/h4-8H,1-3H3,(H,21,23). The quantitative estimate of drug-likeness (QED) is 0.722. The van der Waals surface area contributed by atoms with Crippen molar-refractivity contribution >= 4 is 40.4 Å². The summed E-state index contributed by atoms with van der Waals surface area (Å²) < 4.78 is 1.63. The maximum atomic E-state index is 12.7. The molecule has 2 aromatic heterocycles. The summed E-state index contributed by atoms with van der Waals surface area (Å²) in [6.45, 7) is 5.70. The number of aryl methyl sites for hydroxylation is 3. The van der Waals surface area contributed by atoms with Gasteiger partial charge >= 0.3 is 0 Å². The van der Waals surface area contributed by atoms with Gasteiger partial charge in [-0.1, -0.05) is 35.3 Å². The van der Waals surface area contributed by atoms with Crippen LogP contribution in [0.1, 0.15) is 27.3 Å². The molecule has 0 aliphatic heterocycles. The van der Waals surface area contributed by atoms with Crippen LogP contribution in [0.3, 0.4) is 0 Å². The summed E-state index contributed by atoms with van der Waals surface area (Å²) in [5, 5.41) is 3.79. The summed E-state index contributed by atoms with van der Waals surface area (Å²) in [6.07, 6.45) is 1.64. The van der Waals surface area contributed by atoms with E-state index in [-0.39, 0.29) is 5.91 Å². The molecule has 0 aliphatic rings. The van der Waals surface area contributed by atoms with E-state index >= 15 is 0 Å². The molecule has 3 rings (SSSR count). The summed E-state index contributed by atoms with van der Waals surface area (Å²) in [4.78, 5) is 17.1. The number of carbonyl (C=O) groups is 1. The van der Waals surface area contributed by atoms with Crippen LogP contribution in [0.4, 0.5) is 5.69 Å². The Bertz CT molecular complexity index is 931. The fourth-order valence-corrected chi connectivity index (χ4v) is 3.03. The Balaban J connectivity index is 2.08. The molecule has 0 fully saturated rings. The van der Waals surface area contributed by atoms with Crippen LogP contribution in [0, 0.1) is 20.8 Å². The summed E-state index contributed by atoms with van der Waals surface area (Å²) in [5.41, 5.74) is 4.37. The Kier molecular flexibility index (Phi) is 4.04.